The minimum atomic E-state index is -0.411. The molecule has 2 aromatic rings. The number of hydrogen-bond acceptors (Lipinski definition) is 5. The summed E-state index contributed by atoms with van der Waals surface area (Å²) in [5, 5.41) is 3.76. The van der Waals surface area contributed by atoms with Gasteiger partial charge >= 0.3 is 6.03 Å². The first-order valence-electron chi connectivity index (χ1n) is 10.5. The van der Waals surface area contributed by atoms with E-state index in [1.165, 1.54) is 0 Å². The Morgan fingerprint density at radius 3 is 2.35 bits per heavy atom. The van der Waals surface area contributed by atoms with Crippen molar-refractivity contribution in [3.05, 3.63) is 59.1 Å². The molecule has 2 fully saturated rings. The highest BCUT2D eigenvalue weighted by atomic mass is 35.5. The van der Waals surface area contributed by atoms with Crippen LogP contribution in [0.3, 0.4) is 0 Å². The third-order valence-corrected chi connectivity index (χ3v) is 6.04. The van der Waals surface area contributed by atoms with Gasteiger partial charge in [0.2, 0.25) is 5.91 Å². The fraction of sp³-hybridized carbons (Fsp3) is 0.455. The van der Waals surface area contributed by atoms with E-state index in [2.05, 4.69) is 15.3 Å². The molecule has 0 radical (unpaired) electrons. The molecule has 0 aliphatic carbocycles. The lowest BCUT2D eigenvalue weighted by atomic mass is 9.94. The maximum Gasteiger partial charge on any atom is 0.320 e. The number of carbonyl (C=O) groups excluding carboxylic acids is 2. The molecular weight excluding hydrogens is 418 g/mol. The molecule has 9 heteroatoms. The molecule has 0 spiro atoms. The van der Waals surface area contributed by atoms with Gasteiger partial charge in [0.1, 0.15) is 0 Å². The van der Waals surface area contributed by atoms with Crippen LogP contribution in [0.5, 0.6) is 0 Å². The zero-order chi connectivity index (χ0) is 21.6. The van der Waals surface area contributed by atoms with E-state index in [0.29, 0.717) is 63.0 Å². The number of aromatic nitrogens is 2. The van der Waals surface area contributed by atoms with Crippen molar-refractivity contribution in [2.45, 2.75) is 18.9 Å². The van der Waals surface area contributed by atoms with E-state index in [-0.39, 0.29) is 17.9 Å². The molecule has 0 bridgehead atoms. The average molecular weight is 444 g/mol. The molecule has 1 aromatic heterocycles. The first kappa shape index (κ1) is 21.5. The lowest BCUT2D eigenvalue weighted by Crippen LogP contribution is -2.51. The van der Waals surface area contributed by atoms with Crippen molar-refractivity contribution in [3.8, 4) is 0 Å². The number of urea groups is 1. The Balaban J connectivity index is 1.39. The SMILES string of the molecule is O=C(NC(c1ccc(Cl)cc1)c1cnccn1)C1CCN(C(=O)N2CCOCC2)CC1. The van der Waals surface area contributed by atoms with Crippen LogP contribution < -0.4 is 5.32 Å². The van der Waals surface area contributed by atoms with E-state index in [1.807, 2.05) is 21.9 Å². The molecule has 31 heavy (non-hydrogen) atoms. The van der Waals surface area contributed by atoms with Gasteiger partial charge in [-0.1, -0.05) is 23.7 Å². The molecule has 164 valence electrons. The first-order chi connectivity index (χ1) is 15.1. The lowest BCUT2D eigenvalue weighted by molar-refractivity contribution is -0.126. The minimum Gasteiger partial charge on any atom is -0.378 e. The highest BCUT2D eigenvalue weighted by Gasteiger charge is 2.31. The van der Waals surface area contributed by atoms with E-state index in [0.717, 1.165) is 5.56 Å². The summed E-state index contributed by atoms with van der Waals surface area (Å²) >= 11 is 6.03. The number of ether oxygens (including phenoxy) is 1. The molecule has 2 aliphatic heterocycles. The minimum absolute atomic E-state index is 0.0379. The van der Waals surface area contributed by atoms with Crippen LogP contribution >= 0.6 is 11.6 Å². The Morgan fingerprint density at radius 1 is 1.03 bits per heavy atom. The van der Waals surface area contributed by atoms with Crippen molar-refractivity contribution in [3.63, 3.8) is 0 Å². The Morgan fingerprint density at radius 2 is 1.71 bits per heavy atom. The van der Waals surface area contributed by atoms with Crippen molar-refractivity contribution in [2.24, 2.45) is 5.92 Å². The summed E-state index contributed by atoms with van der Waals surface area (Å²) in [6.07, 6.45) is 6.14. The summed E-state index contributed by atoms with van der Waals surface area (Å²) in [6.45, 7) is 3.56. The van der Waals surface area contributed by atoms with Crippen LogP contribution in [0.4, 0.5) is 4.79 Å². The number of carbonyl (C=O) groups is 2. The smallest absolute Gasteiger partial charge is 0.320 e. The first-order valence-corrected chi connectivity index (χ1v) is 10.9. The number of rotatable bonds is 4. The van der Waals surface area contributed by atoms with Crippen LogP contribution in [-0.2, 0) is 9.53 Å². The number of morpholine rings is 1. The van der Waals surface area contributed by atoms with E-state index in [1.54, 1.807) is 30.7 Å². The molecule has 2 saturated heterocycles. The molecule has 1 atom stereocenters. The second kappa shape index (κ2) is 10.1. The molecule has 2 aliphatic rings. The van der Waals surface area contributed by atoms with Crippen LogP contribution in [0.25, 0.3) is 0 Å². The number of benzene rings is 1. The van der Waals surface area contributed by atoms with Gasteiger partial charge < -0.3 is 19.9 Å². The summed E-state index contributed by atoms with van der Waals surface area (Å²) in [7, 11) is 0. The molecular formula is C22H26ClN5O3. The predicted molar refractivity (Wildman–Crippen MR) is 116 cm³/mol. The summed E-state index contributed by atoms with van der Waals surface area (Å²) < 4.78 is 5.32. The maximum atomic E-state index is 13.1. The van der Waals surface area contributed by atoms with Crippen LogP contribution in [0.1, 0.15) is 30.1 Å². The van der Waals surface area contributed by atoms with Crippen molar-refractivity contribution >= 4 is 23.5 Å². The standard InChI is InChI=1S/C22H26ClN5O3/c23-18-3-1-16(2-4-18)20(19-15-24-7-8-25-19)26-21(29)17-5-9-27(10-6-17)22(30)28-11-13-31-14-12-28/h1-4,7-8,15,17,20H,5-6,9-14H2,(H,26,29). The predicted octanol–water partition coefficient (Wildman–Crippen LogP) is 2.50. The maximum absolute atomic E-state index is 13.1. The monoisotopic (exact) mass is 443 g/mol. The topological polar surface area (TPSA) is 87.7 Å². The zero-order valence-electron chi connectivity index (χ0n) is 17.2. The number of nitrogens with zero attached hydrogens (tertiary/aromatic N) is 4. The molecule has 1 unspecified atom stereocenters. The summed E-state index contributed by atoms with van der Waals surface area (Å²) in [5.41, 5.74) is 1.55. The number of halogens is 1. The fourth-order valence-corrected chi connectivity index (χ4v) is 4.12. The lowest BCUT2D eigenvalue weighted by Gasteiger charge is -2.37. The molecule has 3 heterocycles. The van der Waals surface area contributed by atoms with Crippen LogP contribution in [0, 0.1) is 5.92 Å². The Labute approximate surface area is 186 Å². The summed E-state index contributed by atoms with van der Waals surface area (Å²) in [5.74, 6) is -0.190. The number of hydrogen-bond donors (Lipinski definition) is 1. The van der Waals surface area contributed by atoms with E-state index in [4.69, 9.17) is 16.3 Å². The van der Waals surface area contributed by atoms with Crippen LogP contribution in [0.2, 0.25) is 5.02 Å². The molecule has 0 saturated carbocycles. The van der Waals surface area contributed by atoms with Gasteiger partial charge in [-0.15, -0.1) is 0 Å². The normalized spacial score (nSPS) is 18.5. The molecule has 1 aromatic carbocycles. The van der Waals surface area contributed by atoms with Gasteiger partial charge in [0.05, 0.1) is 31.1 Å². The van der Waals surface area contributed by atoms with E-state index in [9.17, 15) is 9.59 Å². The Hall–Kier alpha value is -2.71. The molecule has 8 nitrogen and oxygen atoms in total. The highest BCUT2D eigenvalue weighted by Crippen LogP contribution is 2.25. The Bertz CT molecular complexity index is 882. The van der Waals surface area contributed by atoms with Crippen LogP contribution in [-0.4, -0.2) is 71.1 Å². The van der Waals surface area contributed by atoms with Gasteiger partial charge in [0.25, 0.3) is 0 Å². The largest absolute Gasteiger partial charge is 0.378 e. The van der Waals surface area contributed by atoms with Gasteiger partial charge in [-0.2, -0.15) is 0 Å². The fourth-order valence-electron chi connectivity index (χ4n) is 3.99. The number of nitrogens with one attached hydrogen (secondary N) is 1. The number of amides is 3. The molecule has 4 rings (SSSR count). The second-order valence-electron chi connectivity index (χ2n) is 7.77. The van der Waals surface area contributed by atoms with Gasteiger partial charge in [0, 0.05) is 49.5 Å². The van der Waals surface area contributed by atoms with Gasteiger partial charge in [-0.3, -0.25) is 14.8 Å². The summed E-state index contributed by atoms with van der Waals surface area (Å²) in [6, 6.07) is 6.98. The summed E-state index contributed by atoms with van der Waals surface area (Å²) in [4.78, 5) is 38.0. The quantitative estimate of drug-likeness (QED) is 0.784. The molecule has 3 amide bonds. The average Bonchev–Trinajstić information content (AvgIpc) is 2.84. The second-order valence-corrected chi connectivity index (χ2v) is 8.20. The van der Waals surface area contributed by atoms with Crippen molar-refractivity contribution in [2.75, 3.05) is 39.4 Å². The molecule has 1 N–H and O–H groups in total. The third kappa shape index (κ3) is 5.32. The number of piperidine rings is 1. The zero-order valence-corrected chi connectivity index (χ0v) is 18.0. The van der Waals surface area contributed by atoms with Crippen molar-refractivity contribution in [1.82, 2.24) is 25.1 Å². The number of likely N-dealkylation sites (tertiary alicyclic amines) is 1. The van der Waals surface area contributed by atoms with Crippen molar-refractivity contribution in [1.29, 1.82) is 0 Å². The van der Waals surface area contributed by atoms with Gasteiger partial charge in [-0.25, -0.2) is 4.79 Å². The van der Waals surface area contributed by atoms with E-state index >= 15 is 0 Å². The van der Waals surface area contributed by atoms with E-state index < -0.39 is 6.04 Å². The van der Waals surface area contributed by atoms with Crippen molar-refractivity contribution < 1.29 is 14.3 Å². The van der Waals surface area contributed by atoms with Gasteiger partial charge in [0.15, 0.2) is 0 Å². The van der Waals surface area contributed by atoms with Crippen LogP contribution in [0.15, 0.2) is 42.9 Å². The van der Waals surface area contributed by atoms with Gasteiger partial charge in [-0.05, 0) is 30.5 Å². The third-order valence-electron chi connectivity index (χ3n) is 5.79. The Kier molecular flexibility index (Phi) is 6.99. The highest BCUT2D eigenvalue weighted by molar-refractivity contribution is 6.30.